The van der Waals surface area contributed by atoms with Crippen molar-refractivity contribution in [1.29, 1.82) is 0 Å². The number of hydrogen-bond acceptors (Lipinski definition) is 1. The van der Waals surface area contributed by atoms with Crippen molar-refractivity contribution in [3.8, 4) is 0 Å². The second kappa shape index (κ2) is 41.0. The molecule has 0 aromatic heterocycles. The zero-order chi connectivity index (χ0) is 31.9. The number of aliphatic hydroxyl groups excluding tert-OH is 1. The molecule has 0 aliphatic heterocycles. The van der Waals surface area contributed by atoms with E-state index in [4.69, 9.17) is 0 Å². The molecule has 0 aromatic carbocycles. The Balaban J connectivity index is 3.05. The average molecular weight is 621 g/mol. The van der Waals surface area contributed by atoms with E-state index in [-0.39, 0.29) is 6.10 Å². The lowest BCUT2D eigenvalue weighted by atomic mass is 10.0. The fraction of sp³-hybridized carbons (Fsp3) is 1.00. The van der Waals surface area contributed by atoms with Gasteiger partial charge in [-0.2, -0.15) is 0 Å². The van der Waals surface area contributed by atoms with Gasteiger partial charge in [-0.15, -0.1) is 0 Å². The van der Waals surface area contributed by atoms with Crippen molar-refractivity contribution in [3.05, 3.63) is 0 Å². The molecule has 0 rings (SSSR count). The van der Waals surface area contributed by atoms with E-state index in [1.807, 2.05) is 0 Å². The standard InChI is InChI=1S/C43H88O/c1-3-5-7-8-9-10-11-12-13-14-15-16-17-18-19-20-21-22-23-24-25-26-27-28-29-30-31-32-33-34-35-36-37-38-39-40-42-43(44)41-6-4-2/h43-44H,3-42H2,1-2H3. The summed E-state index contributed by atoms with van der Waals surface area (Å²) >= 11 is 0. The molecule has 0 spiro atoms. The fourth-order valence-electron chi connectivity index (χ4n) is 7.05. The van der Waals surface area contributed by atoms with E-state index < -0.39 is 0 Å². The van der Waals surface area contributed by atoms with Crippen LogP contribution in [0.2, 0.25) is 0 Å². The Kier molecular flexibility index (Phi) is 40.9. The van der Waals surface area contributed by atoms with Crippen LogP contribution in [0.25, 0.3) is 0 Å². The van der Waals surface area contributed by atoms with Crippen molar-refractivity contribution in [2.24, 2.45) is 0 Å². The highest BCUT2D eigenvalue weighted by Gasteiger charge is 2.03. The van der Waals surface area contributed by atoms with Gasteiger partial charge in [0.2, 0.25) is 0 Å². The van der Waals surface area contributed by atoms with Gasteiger partial charge < -0.3 is 5.11 Å². The summed E-state index contributed by atoms with van der Waals surface area (Å²) in [6.45, 7) is 4.51. The summed E-state index contributed by atoms with van der Waals surface area (Å²) < 4.78 is 0. The van der Waals surface area contributed by atoms with Crippen LogP contribution < -0.4 is 0 Å². The third-order valence-corrected chi connectivity index (χ3v) is 10.3. The van der Waals surface area contributed by atoms with E-state index in [0.717, 1.165) is 12.8 Å². The molecule has 1 heteroatoms. The van der Waals surface area contributed by atoms with Crippen molar-refractivity contribution in [3.63, 3.8) is 0 Å². The number of unbranched alkanes of at least 4 members (excludes halogenated alkanes) is 36. The molecule has 0 radical (unpaired) electrons. The second-order valence-electron chi connectivity index (χ2n) is 15.0. The van der Waals surface area contributed by atoms with Crippen LogP contribution in [0.1, 0.15) is 271 Å². The summed E-state index contributed by atoms with van der Waals surface area (Å²) in [5.41, 5.74) is 0. The molecule has 1 N–H and O–H groups in total. The molecule has 1 atom stereocenters. The molecule has 0 fully saturated rings. The van der Waals surface area contributed by atoms with E-state index in [0.29, 0.717) is 0 Å². The van der Waals surface area contributed by atoms with Gasteiger partial charge in [-0.25, -0.2) is 0 Å². The maximum absolute atomic E-state index is 9.90. The van der Waals surface area contributed by atoms with Crippen LogP contribution in [0.3, 0.4) is 0 Å². The Morgan fingerprint density at radius 2 is 0.386 bits per heavy atom. The minimum Gasteiger partial charge on any atom is -0.393 e. The molecule has 0 aliphatic carbocycles. The minimum atomic E-state index is -0.0342. The molecule has 0 aliphatic rings. The zero-order valence-corrected chi connectivity index (χ0v) is 31.3. The van der Waals surface area contributed by atoms with Gasteiger partial charge in [0.1, 0.15) is 0 Å². The Labute approximate surface area is 281 Å². The Bertz CT molecular complexity index is 474. The van der Waals surface area contributed by atoms with Crippen LogP contribution in [-0.2, 0) is 0 Å². The lowest BCUT2D eigenvalue weighted by Crippen LogP contribution is -2.05. The minimum absolute atomic E-state index is 0.0342. The summed E-state index contributed by atoms with van der Waals surface area (Å²) in [4.78, 5) is 0. The van der Waals surface area contributed by atoms with Gasteiger partial charge in [0, 0.05) is 0 Å². The molecule has 0 bridgehead atoms. The van der Waals surface area contributed by atoms with E-state index >= 15 is 0 Å². The van der Waals surface area contributed by atoms with E-state index in [1.165, 1.54) is 244 Å². The number of rotatable bonds is 40. The molecule has 1 unspecified atom stereocenters. The second-order valence-corrected chi connectivity index (χ2v) is 15.0. The first-order valence-electron chi connectivity index (χ1n) is 21.5. The quantitative estimate of drug-likeness (QED) is 0.0676. The molecule has 0 amide bonds. The lowest BCUT2D eigenvalue weighted by molar-refractivity contribution is 0.148. The van der Waals surface area contributed by atoms with Crippen molar-refractivity contribution in [2.75, 3.05) is 0 Å². The van der Waals surface area contributed by atoms with Crippen LogP contribution in [0, 0.1) is 0 Å². The molecule has 266 valence electrons. The number of aliphatic hydroxyl groups is 1. The highest BCUT2D eigenvalue weighted by Crippen LogP contribution is 2.18. The molecule has 0 saturated carbocycles. The normalized spacial score (nSPS) is 12.3. The maximum atomic E-state index is 9.90. The van der Waals surface area contributed by atoms with Crippen LogP contribution in [-0.4, -0.2) is 11.2 Å². The van der Waals surface area contributed by atoms with Crippen molar-refractivity contribution >= 4 is 0 Å². The smallest absolute Gasteiger partial charge is 0.0540 e. The fourth-order valence-corrected chi connectivity index (χ4v) is 7.05. The molecule has 0 saturated heterocycles. The summed E-state index contributed by atoms with van der Waals surface area (Å²) in [5, 5.41) is 9.90. The largest absolute Gasteiger partial charge is 0.393 e. The zero-order valence-electron chi connectivity index (χ0n) is 31.3. The molecular weight excluding hydrogens is 532 g/mol. The third kappa shape index (κ3) is 40.0. The van der Waals surface area contributed by atoms with Gasteiger partial charge in [-0.1, -0.05) is 258 Å². The first kappa shape index (κ1) is 44.0. The molecular formula is C43H88O. The average Bonchev–Trinajstić information content (AvgIpc) is 3.03. The Morgan fingerprint density at radius 3 is 0.591 bits per heavy atom. The summed E-state index contributed by atoms with van der Waals surface area (Å²) in [6, 6.07) is 0. The third-order valence-electron chi connectivity index (χ3n) is 10.3. The predicted octanol–water partition coefficient (Wildman–Crippen LogP) is 16.0. The van der Waals surface area contributed by atoms with E-state index in [2.05, 4.69) is 13.8 Å². The molecule has 1 nitrogen and oxygen atoms in total. The van der Waals surface area contributed by atoms with Gasteiger partial charge in [0.05, 0.1) is 6.10 Å². The molecule has 0 aromatic rings. The van der Waals surface area contributed by atoms with Gasteiger partial charge in [0.15, 0.2) is 0 Å². The molecule has 44 heavy (non-hydrogen) atoms. The highest BCUT2D eigenvalue weighted by atomic mass is 16.3. The Morgan fingerprint density at radius 1 is 0.227 bits per heavy atom. The maximum Gasteiger partial charge on any atom is 0.0540 e. The topological polar surface area (TPSA) is 20.2 Å². The number of hydrogen-bond donors (Lipinski definition) is 1. The van der Waals surface area contributed by atoms with Gasteiger partial charge >= 0.3 is 0 Å². The lowest BCUT2D eigenvalue weighted by Gasteiger charge is -2.09. The van der Waals surface area contributed by atoms with Crippen LogP contribution >= 0.6 is 0 Å². The SMILES string of the molecule is CCCCCCCCCCCCCCCCCCCCCCCCCCCCCCCCCCCCCCC(O)CCCC. The van der Waals surface area contributed by atoms with Gasteiger partial charge in [-0.3, -0.25) is 0 Å². The molecule has 0 heterocycles. The monoisotopic (exact) mass is 621 g/mol. The summed E-state index contributed by atoms with van der Waals surface area (Å²) in [6.07, 6.45) is 56.9. The van der Waals surface area contributed by atoms with E-state index in [9.17, 15) is 5.11 Å². The highest BCUT2D eigenvalue weighted by molar-refractivity contribution is 4.57. The Hall–Kier alpha value is -0.0400. The summed E-state index contributed by atoms with van der Waals surface area (Å²) in [7, 11) is 0. The summed E-state index contributed by atoms with van der Waals surface area (Å²) in [5.74, 6) is 0. The van der Waals surface area contributed by atoms with E-state index in [1.54, 1.807) is 0 Å². The van der Waals surface area contributed by atoms with Gasteiger partial charge in [0.25, 0.3) is 0 Å². The predicted molar refractivity (Wildman–Crippen MR) is 202 cm³/mol. The van der Waals surface area contributed by atoms with Crippen LogP contribution in [0.15, 0.2) is 0 Å². The first-order valence-corrected chi connectivity index (χ1v) is 21.5. The van der Waals surface area contributed by atoms with Crippen molar-refractivity contribution < 1.29 is 5.11 Å². The van der Waals surface area contributed by atoms with Crippen molar-refractivity contribution in [1.82, 2.24) is 0 Å². The first-order chi connectivity index (χ1) is 21.8. The van der Waals surface area contributed by atoms with Crippen molar-refractivity contribution in [2.45, 2.75) is 277 Å². The van der Waals surface area contributed by atoms with Gasteiger partial charge in [-0.05, 0) is 12.8 Å². The van der Waals surface area contributed by atoms with Crippen LogP contribution in [0.4, 0.5) is 0 Å². The van der Waals surface area contributed by atoms with Crippen LogP contribution in [0.5, 0.6) is 0 Å².